The average molecular weight is 267 g/mol. The number of nitrogens with two attached hydrogens (primary N) is 1. The standard InChI is InChI=1S/C12H17N3O4/c13-7-3-4-8-14-12(16)9-19-11-6-2-1-5-10(11)15(17)18/h1-2,5-6H,3-4,7-9,13H2,(H,14,16). The Hall–Kier alpha value is -2.15. The van der Waals surface area contributed by atoms with Crippen molar-refractivity contribution < 1.29 is 14.5 Å². The van der Waals surface area contributed by atoms with Crippen molar-refractivity contribution in [3.05, 3.63) is 34.4 Å². The highest BCUT2D eigenvalue weighted by Gasteiger charge is 2.14. The molecule has 0 aromatic heterocycles. The van der Waals surface area contributed by atoms with Gasteiger partial charge in [-0.1, -0.05) is 12.1 Å². The molecular weight excluding hydrogens is 250 g/mol. The number of ether oxygens (including phenoxy) is 1. The van der Waals surface area contributed by atoms with Crippen molar-refractivity contribution in [2.24, 2.45) is 5.73 Å². The van der Waals surface area contributed by atoms with Gasteiger partial charge in [0, 0.05) is 12.6 Å². The first kappa shape index (κ1) is 14.9. The summed E-state index contributed by atoms with van der Waals surface area (Å²) in [6.45, 7) is 0.867. The third-order valence-electron chi connectivity index (χ3n) is 2.37. The first-order valence-electron chi connectivity index (χ1n) is 5.98. The molecular formula is C12H17N3O4. The minimum absolute atomic E-state index is 0.0876. The Bertz CT molecular complexity index is 437. The van der Waals surface area contributed by atoms with Crippen LogP contribution in [-0.4, -0.2) is 30.5 Å². The van der Waals surface area contributed by atoms with Gasteiger partial charge in [0.2, 0.25) is 0 Å². The first-order valence-corrected chi connectivity index (χ1v) is 5.98. The molecule has 1 aromatic rings. The summed E-state index contributed by atoms with van der Waals surface area (Å²) in [5, 5.41) is 13.4. The minimum atomic E-state index is -0.547. The molecule has 1 rings (SSSR count). The first-order chi connectivity index (χ1) is 9.15. The third-order valence-corrected chi connectivity index (χ3v) is 2.37. The summed E-state index contributed by atoms with van der Waals surface area (Å²) in [6.07, 6.45) is 1.64. The molecule has 0 aliphatic rings. The van der Waals surface area contributed by atoms with E-state index in [4.69, 9.17) is 10.5 Å². The van der Waals surface area contributed by atoms with Crippen LogP contribution < -0.4 is 15.8 Å². The number of carbonyl (C=O) groups is 1. The zero-order valence-corrected chi connectivity index (χ0v) is 10.5. The fraction of sp³-hybridized carbons (Fsp3) is 0.417. The second kappa shape index (κ2) is 8.04. The second-order valence-electron chi connectivity index (χ2n) is 3.86. The molecule has 7 nitrogen and oxygen atoms in total. The molecule has 19 heavy (non-hydrogen) atoms. The van der Waals surface area contributed by atoms with Crippen molar-refractivity contribution in [3.63, 3.8) is 0 Å². The highest BCUT2D eigenvalue weighted by molar-refractivity contribution is 5.77. The summed E-state index contributed by atoms with van der Waals surface area (Å²) in [6, 6.07) is 5.94. The summed E-state index contributed by atoms with van der Waals surface area (Å²) in [5.41, 5.74) is 5.17. The topological polar surface area (TPSA) is 107 Å². The molecule has 0 heterocycles. The Morgan fingerprint density at radius 3 is 2.79 bits per heavy atom. The van der Waals surface area contributed by atoms with E-state index in [0.717, 1.165) is 12.8 Å². The summed E-state index contributed by atoms with van der Waals surface area (Å²) in [5.74, 6) is -0.222. The number of para-hydroxylation sites is 2. The highest BCUT2D eigenvalue weighted by Crippen LogP contribution is 2.25. The summed E-state index contributed by atoms with van der Waals surface area (Å²) in [4.78, 5) is 21.6. The van der Waals surface area contributed by atoms with Crippen molar-refractivity contribution >= 4 is 11.6 Å². The monoisotopic (exact) mass is 267 g/mol. The predicted octanol–water partition coefficient (Wildman–Crippen LogP) is 0.829. The average Bonchev–Trinajstić information content (AvgIpc) is 2.41. The maximum Gasteiger partial charge on any atom is 0.310 e. The van der Waals surface area contributed by atoms with E-state index >= 15 is 0 Å². The fourth-order valence-corrected chi connectivity index (χ4v) is 1.42. The number of benzene rings is 1. The molecule has 0 atom stereocenters. The summed E-state index contributed by atoms with van der Waals surface area (Å²) < 4.78 is 5.14. The lowest BCUT2D eigenvalue weighted by molar-refractivity contribution is -0.385. The summed E-state index contributed by atoms with van der Waals surface area (Å²) in [7, 11) is 0. The van der Waals surface area contributed by atoms with Crippen LogP contribution in [0.3, 0.4) is 0 Å². The van der Waals surface area contributed by atoms with Gasteiger partial charge in [-0.3, -0.25) is 14.9 Å². The van der Waals surface area contributed by atoms with Gasteiger partial charge in [-0.15, -0.1) is 0 Å². The fourth-order valence-electron chi connectivity index (χ4n) is 1.42. The van der Waals surface area contributed by atoms with E-state index in [9.17, 15) is 14.9 Å². The Morgan fingerprint density at radius 1 is 1.37 bits per heavy atom. The van der Waals surface area contributed by atoms with Crippen LogP contribution >= 0.6 is 0 Å². The quantitative estimate of drug-likeness (QED) is 0.412. The smallest absolute Gasteiger partial charge is 0.310 e. The van der Waals surface area contributed by atoms with Gasteiger partial charge in [-0.05, 0) is 25.5 Å². The van der Waals surface area contributed by atoms with E-state index in [1.807, 2.05) is 0 Å². The number of nitrogens with zero attached hydrogens (tertiary/aromatic N) is 1. The maximum atomic E-state index is 11.4. The molecule has 104 valence electrons. The van der Waals surface area contributed by atoms with Crippen molar-refractivity contribution in [3.8, 4) is 5.75 Å². The van der Waals surface area contributed by atoms with Crippen LogP contribution in [0.25, 0.3) is 0 Å². The van der Waals surface area contributed by atoms with Gasteiger partial charge in [0.05, 0.1) is 4.92 Å². The number of hydrogen-bond acceptors (Lipinski definition) is 5. The summed E-state index contributed by atoms with van der Waals surface area (Å²) >= 11 is 0. The lowest BCUT2D eigenvalue weighted by Gasteiger charge is -2.07. The van der Waals surface area contributed by atoms with Crippen LogP contribution in [-0.2, 0) is 4.79 Å². The normalized spacial score (nSPS) is 9.95. The molecule has 0 saturated carbocycles. The molecule has 0 aliphatic carbocycles. The molecule has 0 saturated heterocycles. The van der Waals surface area contributed by atoms with Crippen LogP contribution in [0.15, 0.2) is 24.3 Å². The molecule has 0 radical (unpaired) electrons. The van der Waals surface area contributed by atoms with Crippen LogP contribution in [0.2, 0.25) is 0 Å². The Morgan fingerprint density at radius 2 is 2.11 bits per heavy atom. The van der Waals surface area contributed by atoms with E-state index in [-0.39, 0.29) is 24.0 Å². The number of amides is 1. The number of carbonyl (C=O) groups excluding carboxylic acids is 1. The molecule has 0 aliphatic heterocycles. The Balaban J connectivity index is 2.40. The molecule has 7 heteroatoms. The third kappa shape index (κ3) is 5.35. The largest absolute Gasteiger partial charge is 0.477 e. The second-order valence-corrected chi connectivity index (χ2v) is 3.86. The van der Waals surface area contributed by atoms with Crippen molar-refractivity contribution in [1.82, 2.24) is 5.32 Å². The van der Waals surface area contributed by atoms with Crippen LogP contribution in [0.1, 0.15) is 12.8 Å². The molecule has 0 fully saturated rings. The molecule has 3 N–H and O–H groups in total. The number of unbranched alkanes of at least 4 members (excludes halogenated alkanes) is 1. The highest BCUT2D eigenvalue weighted by atomic mass is 16.6. The molecule has 0 unspecified atom stereocenters. The number of nitro benzene ring substituents is 1. The lowest BCUT2D eigenvalue weighted by atomic mass is 10.3. The van der Waals surface area contributed by atoms with Gasteiger partial charge >= 0.3 is 5.69 Å². The number of hydrogen-bond donors (Lipinski definition) is 2. The van der Waals surface area contributed by atoms with Crippen molar-refractivity contribution in [2.75, 3.05) is 19.7 Å². The van der Waals surface area contributed by atoms with Crippen molar-refractivity contribution in [2.45, 2.75) is 12.8 Å². The van der Waals surface area contributed by atoms with E-state index in [1.54, 1.807) is 6.07 Å². The van der Waals surface area contributed by atoms with E-state index < -0.39 is 4.92 Å². The van der Waals surface area contributed by atoms with Crippen LogP contribution in [0.5, 0.6) is 5.75 Å². The van der Waals surface area contributed by atoms with Gasteiger partial charge in [0.1, 0.15) is 0 Å². The number of nitro groups is 1. The lowest BCUT2D eigenvalue weighted by Crippen LogP contribution is -2.30. The number of rotatable bonds is 8. The Labute approximate surface area is 110 Å². The molecule has 1 aromatic carbocycles. The zero-order valence-electron chi connectivity index (χ0n) is 10.5. The number of nitrogens with one attached hydrogen (secondary N) is 1. The maximum absolute atomic E-state index is 11.4. The molecule has 0 bridgehead atoms. The Kier molecular flexibility index (Phi) is 6.31. The van der Waals surface area contributed by atoms with E-state index in [1.165, 1.54) is 18.2 Å². The minimum Gasteiger partial charge on any atom is -0.477 e. The van der Waals surface area contributed by atoms with Gasteiger partial charge < -0.3 is 15.8 Å². The van der Waals surface area contributed by atoms with Crippen molar-refractivity contribution in [1.29, 1.82) is 0 Å². The zero-order chi connectivity index (χ0) is 14.1. The van der Waals surface area contributed by atoms with Gasteiger partial charge in [-0.25, -0.2) is 0 Å². The van der Waals surface area contributed by atoms with Crippen LogP contribution in [0.4, 0.5) is 5.69 Å². The molecule has 1 amide bonds. The van der Waals surface area contributed by atoms with E-state index in [0.29, 0.717) is 13.1 Å². The van der Waals surface area contributed by atoms with Gasteiger partial charge in [0.25, 0.3) is 5.91 Å². The van der Waals surface area contributed by atoms with Gasteiger partial charge in [-0.2, -0.15) is 0 Å². The van der Waals surface area contributed by atoms with Gasteiger partial charge in [0.15, 0.2) is 12.4 Å². The van der Waals surface area contributed by atoms with E-state index in [2.05, 4.69) is 5.32 Å². The van der Waals surface area contributed by atoms with Crippen LogP contribution in [0, 0.1) is 10.1 Å². The molecule has 0 spiro atoms. The predicted molar refractivity (Wildman–Crippen MR) is 69.9 cm³/mol. The SMILES string of the molecule is NCCCCNC(=O)COc1ccccc1[N+](=O)[O-].